The van der Waals surface area contributed by atoms with Crippen LogP contribution >= 0.6 is 0 Å². The van der Waals surface area contributed by atoms with Gasteiger partial charge < -0.3 is 19.9 Å². The number of nitrogens with two attached hydrogens (primary N) is 1. The summed E-state index contributed by atoms with van der Waals surface area (Å²) in [5, 5.41) is 9.70. The van der Waals surface area contributed by atoms with Crippen LogP contribution in [0.4, 0.5) is 0 Å². The van der Waals surface area contributed by atoms with Crippen LogP contribution in [0.15, 0.2) is 71.3 Å². The zero-order chi connectivity index (χ0) is 21.1. The van der Waals surface area contributed by atoms with Crippen LogP contribution < -0.4 is 15.2 Å². The van der Waals surface area contributed by atoms with Crippen LogP contribution in [0.3, 0.4) is 0 Å². The number of hydrogen-bond donors (Lipinski definition) is 1. The first-order chi connectivity index (χ1) is 14.6. The summed E-state index contributed by atoms with van der Waals surface area (Å²) in [6, 6.07) is 17.4. The summed E-state index contributed by atoms with van der Waals surface area (Å²) in [5.74, 6) is 1.15. The Hall–Kier alpha value is -3.72. The molecule has 30 heavy (non-hydrogen) atoms. The zero-order valence-corrected chi connectivity index (χ0v) is 16.7. The molecule has 4 rings (SSSR count). The van der Waals surface area contributed by atoms with Crippen LogP contribution in [0.1, 0.15) is 36.3 Å². The molecule has 1 atom stereocenters. The molecular weight excluding hydrogens is 380 g/mol. The van der Waals surface area contributed by atoms with Crippen LogP contribution in [-0.4, -0.2) is 12.9 Å². The van der Waals surface area contributed by atoms with E-state index in [-0.39, 0.29) is 17.2 Å². The molecule has 0 bridgehead atoms. The molecule has 2 N–H and O–H groups in total. The van der Waals surface area contributed by atoms with E-state index in [2.05, 4.69) is 6.07 Å². The molecule has 1 aliphatic carbocycles. The molecule has 2 aromatic carbocycles. The van der Waals surface area contributed by atoms with Crippen molar-refractivity contribution >= 4 is 5.78 Å². The van der Waals surface area contributed by atoms with E-state index in [0.29, 0.717) is 42.3 Å². The number of Topliss-reactive ketones (excluding diaryl/α,β-unsaturated/α-hetero) is 1. The van der Waals surface area contributed by atoms with E-state index in [1.54, 1.807) is 19.2 Å². The third kappa shape index (κ3) is 3.62. The Bertz CT molecular complexity index is 1080. The van der Waals surface area contributed by atoms with Crippen LogP contribution in [-0.2, 0) is 16.1 Å². The van der Waals surface area contributed by atoms with Gasteiger partial charge in [-0.05, 0) is 29.7 Å². The third-order valence-corrected chi connectivity index (χ3v) is 5.36. The molecule has 0 saturated carbocycles. The number of hydrogen-bond acceptors (Lipinski definition) is 6. The first-order valence-corrected chi connectivity index (χ1v) is 9.81. The normalized spacial score (nSPS) is 18.4. The van der Waals surface area contributed by atoms with E-state index < -0.39 is 5.92 Å². The second kappa shape index (κ2) is 8.34. The first-order valence-electron chi connectivity index (χ1n) is 9.81. The monoisotopic (exact) mass is 402 g/mol. The molecule has 0 saturated heterocycles. The summed E-state index contributed by atoms with van der Waals surface area (Å²) in [5.41, 5.74) is 8.56. The van der Waals surface area contributed by atoms with Gasteiger partial charge in [-0.25, -0.2) is 0 Å². The smallest absolute Gasteiger partial charge is 0.205 e. The summed E-state index contributed by atoms with van der Waals surface area (Å²) < 4.78 is 17.1. The lowest BCUT2D eigenvalue weighted by atomic mass is 9.77. The number of ketones is 1. The molecule has 2 aliphatic rings. The Balaban J connectivity index is 1.69. The predicted octanol–water partition coefficient (Wildman–Crippen LogP) is 4.09. The van der Waals surface area contributed by atoms with Crippen molar-refractivity contribution in [1.29, 1.82) is 5.26 Å². The van der Waals surface area contributed by atoms with Gasteiger partial charge in [-0.3, -0.25) is 4.79 Å². The van der Waals surface area contributed by atoms with Crippen molar-refractivity contribution in [1.82, 2.24) is 0 Å². The molecule has 0 amide bonds. The van der Waals surface area contributed by atoms with E-state index in [1.165, 1.54) is 0 Å². The van der Waals surface area contributed by atoms with Crippen molar-refractivity contribution in [3.05, 3.63) is 82.4 Å². The summed E-state index contributed by atoms with van der Waals surface area (Å²) in [6.07, 6.45) is 1.79. The van der Waals surface area contributed by atoms with Gasteiger partial charge in [-0.15, -0.1) is 0 Å². The summed E-state index contributed by atoms with van der Waals surface area (Å²) in [4.78, 5) is 12.7. The largest absolute Gasteiger partial charge is 0.493 e. The highest BCUT2D eigenvalue weighted by Crippen LogP contribution is 2.45. The average Bonchev–Trinajstić information content (AvgIpc) is 2.77. The molecule has 0 spiro atoms. The third-order valence-electron chi connectivity index (χ3n) is 5.36. The topological polar surface area (TPSA) is 94.6 Å². The molecule has 0 aromatic heterocycles. The lowest BCUT2D eigenvalue weighted by Gasteiger charge is -2.31. The molecule has 152 valence electrons. The van der Waals surface area contributed by atoms with Crippen LogP contribution in [0.25, 0.3) is 0 Å². The Kier molecular flexibility index (Phi) is 5.44. The minimum atomic E-state index is -0.566. The molecule has 0 fully saturated rings. The predicted molar refractivity (Wildman–Crippen MR) is 110 cm³/mol. The number of rotatable bonds is 5. The number of carbonyl (C=O) groups excluding carboxylic acids is 1. The van der Waals surface area contributed by atoms with E-state index in [9.17, 15) is 10.1 Å². The van der Waals surface area contributed by atoms with Gasteiger partial charge in [0.1, 0.15) is 24.0 Å². The lowest BCUT2D eigenvalue weighted by molar-refractivity contribution is -0.116. The maximum Gasteiger partial charge on any atom is 0.205 e. The molecule has 6 heteroatoms. The number of ether oxygens (including phenoxy) is 3. The molecule has 1 unspecified atom stereocenters. The maximum absolute atomic E-state index is 12.7. The SMILES string of the molecule is COc1cc(C2C(C#N)=C(N)OC3=C2C(=O)CCC3)ccc1OCc1ccccc1. The fourth-order valence-electron chi connectivity index (χ4n) is 3.91. The van der Waals surface area contributed by atoms with Gasteiger partial charge in [-0.2, -0.15) is 5.26 Å². The standard InChI is InChI=1S/C24H22N2O4/c1-28-21-12-16(10-11-19(21)29-14-15-6-3-2-4-7-15)22-17(13-25)24(26)30-20-9-5-8-18(27)23(20)22/h2-4,6-7,10-12,22H,5,8-9,14,26H2,1H3. The quantitative estimate of drug-likeness (QED) is 0.809. The number of methoxy groups -OCH3 is 1. The van der Waals surface area contributed by atoms with Crippen molar-refractivity contribution in [2.75, 3.05) is 7.11 Å². The van der Waals surface area contributed by atoms with E-state index >= 15 is 0 Å². The second-order valence-electron chi connectivity index (χ2n) is 7.22. The second-order valence-corrected chi connectivity index (χ2v) is 7.22. The highest BCUT2D eigenvalue weighted by molar-refractivity contribution is 5.99. The van der Waals surface area contributed by atoms with Gasteiger partial charge in [0, 0.05) is 18.4 Å². The van der Waals surface area contributed by atoms with Crippen molar-refractivity contribution in [2.45, 2.75) is 31.8 Å². The highest BCUT2D eigenvalue weighted by atomic mass is 16.5. The Morgan fingerprint density at radius 3 is 2.70 bits per heavy atom. The highest BCUT2D eigenvalue weighted by Gasteiger charge is 2.38. The summed E-state index contributed by atoms with van der Waals surface area (Å²) in [7, 11) is 1.56. The zero-order valence-electron chi connectivity index (χ0n) is 16.7. The maximum atomic E-state index is 12.7. The Morgan fingerprint density at radius 2 is 1.97 bits per heavy atom. The first kappa shape index (κ1) is 19.6. The summed E-state index contributed by atoms with van der Waals surface area (Å²) in [6.45, 7) is 0.401. The Morgan fingerprint density at radius 1 is 1.17 bits per heavy atom. The number of nitriles is 1. The molecule has 1 aliphatic heterocycles. The van der Waals surface area contributed by atoms with Gasteiger partial charge in [0.25, 0.3) is 0 Å². The molecule has 0 radical (unpaired) electrons. The van der Waals surface area contributed by atoms with Gasteiger partial charge in [0.2, 0.25) is 5.88 Å². The molecule has 2 aromatic rings. The van der Waals surface area contributed by atoms with Crippen molar-refractivity contribution < 1.29 is 19.0 Å². The van der Waals surface area contributed by atoms with E-state index in [4.69, 9.17) is 19.9 Å². The Labute approximate surface area is 175 Å². The lowest BCUT2D eigenvalue weighted by Crippen LogP contribution is -2.27. The van der Waals surface area contributed by atoms with E-state index in [1.807, 2.05) is 36.4 Å². The number of allylic oxidation sites excluding steroid dienone is 3. The van der Waals surface area contributed by atoms with Crippen LogP contribution in [0.2, 0.25) is 0 Å². The van der Waals surface area contributed by atoms with Crippen LogP contribution in [0.5, 0.6) is 11.5 Å². The molecule has 6 nitrogen and oxygen atoms in total. The van der Waals surface area contributed by atoms with Gasteiger partial charge in [0.05, 0.1) is 13.0 Å². The number of carbonyl (C=O) groups is 1. The average molecular weight is 402 g/mol. The van der Waals surface area contributed by atoms with Gasteiger partial charge in [-0.1, -0.05) is 36.4 Å². The minimum absolute atomic E-state index is 0.00938. The fourth-order valence-corrected chi connectivity index (χ4v) is 3.91. The number of nitrogens with zero attached hydrogens (tertiary/aromatic N) is 1. The minimum Gasteiger partial charge on any atom is -0.493 e. The van der Waals surface area contributed by atoms with Gasteiger partial charge in [0.15, 0.2) is 17.3 Å². The molecular formula is C24H22N2O4. The van der Waals surface area contributed by atoms with Crippen molar-refractivity contribution in [3.63, 3.8) is 0 Å². The van der Waals surface area contributed by atoms with Crippen molar-refractivity contribution in [2.24, 2.45) is 5.73 Å². The molecule has 1 heterocycles. The van der Waals surface area contributed by atoms with Crippen LogP contribution in [0, 0.1) is 11.3 Å². The number of benzene rings is 2. The van der Waals surface area contributed by atoms with Gasteiger partial charge >= 0.3 is 0 Å². The fraction of sp³-hybridized carbons (Fsp3) is 0.250. The van der Waals surface area contributed by atoms with Crippen molar-refractivity contribution in [3.8, 4) is 17.6 Å². The summed E-state index contributed by atoms with van der Waals surface area (Å²) >= 11 is 0. The van der Waals surface area contributed by atoms with E-state index in [0.717, 1.165) is 17.5 Å².